The quantitative estimate of drug-likeness (QED) is 0.477. The number of benzene rings is 2. The Morgan fingerprint density at radius 2 is 1.86 bits per heavy atom. The van der Waals surface area contributed by atoms with Gasteiger partial charge in [0.15, 0.2) is 11.5 Å². The van der Waals surface area contributed by atoms with Crippen LogP contribution in [0.4, 0.5) is 5.69 Å². The lowest BCUT2D eigenvalue weighted by molar-refractivity contribution is -0.386. The van der Waals surface area contributed by atoms with Gasteiger partial charge in [-0.05, 0) is 31.5 Å². The molecule has 0 saturated heterocycles. The fourth-order valence-corrected chi connectivity index (χ4v) is 1.85. The molecule has 0 fully saturated rings. The van der Waals surface area contributed by atoms with Crippen LogP contribution in [0.3, 0.4) is 0 Å². The number of nitrogens with zero attached hydrogens (tertiary/aromatic N) is 1. The van der Waals surface area contributed by atoms with E-state index in [9.17, 15) is 14.9 Å². The minimum absolute atomic E-state index is 0.158. The van der Waals surface area contributed by atoms with Crippen molar-refractivity contribution in [3.05, 3.63) is 69.3 Å². The lowest BCUT2D eigenvalue weighted by Crippen LogP contribution is -2.01. The number of ether oxygens (including phenoxy) is 1. The Hall–Kier alpha value is -2.69. The summed E-state index contributed by atoms with van der Waals surface area (Å²) in [4.78, 5) is 21.8. The molecule has 5 nitrogen and oxygen atoms in total. The van der Waals surface area contributed by atoms with Gasteiger partial charge in [0.25, 0.3) is 0 Å². The predicted octanol–water partition coefficient (Wildman–Crippen LogP) is 3.68. The van der Waals surface area contributed by atoms with Gasteiger partial charge in [-0.1, -0.05) is 29.8 Å². The SMILES string of the molecule is CC(=O)c1ccc(OCc2ccc(C)cc2)c([N+](=O)[O-])c1. The second-order valence-corrected chi connectivity index (χ2v) is 4.77. The van der Waals surface area contributed by atoms with Gasteiger partial charge in [0.2, 0.25) is 0 Å². The molecule has 0 heterocycles. The average molecular weight is 285 g/mol. The molecule has 0 amide bonds. The van der Waals surface area contributed by atoms with E-state index < -0.39 is 4.92 Å². The first kappa shape index (κ1) is 14.7. The fourth-order valence-electron chi connectivity index (χ4n) is 1.85. The van der Waals surface area contributed by atoms with Crippen molar-refractivity contribution in [2.75, 3.05) is 0 Å². The Morgan fingerprint density at radius 3 is 2.43 bits per heavy atom. The number of rotatable bonds is 5. The number of aryl methyl sites for hydroxylation is 1. The molecular formula is C16H15NO4. The zero-order valence-corrected chi connectivity index (χ0v) is 11.8. The topological polar surface area (TPSA) is 69.4 Å². The molecular weight excluding hydrogens is 270 g/mol. The smallest absolute Gasteiger partial charge is 0.311 e. The van der Waals surface area contributed by atoms with Gasteiger partial charge in [0.05, 0.1) is 4.92 Å². The number of nitro benzene ring substituents is 1. The molecule has 0 atom stereocenters. The molecule has 0 aliphatic carbocycles. The number of Topliss-reactive ketones (excluding diaryl/α,β-unsaturated/α-hetero) is 1. The van der Waals surface area contributed by atoms with Crippen LogP contribution in [0.2, 0.25) is 0 Å². The van der Waals surface area contributed by atoms with Crippen LogP contribution in [-0.2, 0) is 6.61 Å². The van der Waals surface area contributed by atoms with Crippen LogP contribution in [0.1, 0.15) is 28.4 Å². The first-order valence-electron chi connectivity index (χ1n) is 6.45. The maximum absolute atomic E-state index is 11.3. The van der Waals surface area contributed by atoms with Crippen LogP contribution in [0.5, 0.6) is 5.75 Å². The van der Waals surface area contributed by atoms with Crippen LogP contribution >= 0.6 is 0 Å². The van der Waals surface area contributed by atoms with E-state index in [-0.39, 0.29) is 23.8 Å². The van der Waals surface area contributed by atoms with Gasteiger partial charge in [0.1, 0.15) is 6.61 Å². The van der Waals surface area contributed by atoms with Crippen molar-refractivity contribution < 1.29 is 14.5 Å². The third kappa shape index (κ3) is 3.66. The zero-order chi connectivity index (χ0) is 15.4. The summed E-state index contributed by atoms with van der Waals surface area (Å²) in [6.45, 7) is 3.59. The molecule has 2 aromatic rings. The summed E-state index contributed by atoms with van der Waals surface area (Å²) in [5.41, 5.74) is 2.15. The number of hydrogen-bond donors (Lipinski definition) is 0. The largest absolute Gasteiger partial charge is 0.482 e. The molecule has 0 radical (unpaired) electrons. The summed E-state index contributed by atoms with van der Waals surface area (Å²) in [7, 11) is 0. The van der Waals surface area contributed by atoms with Gasteiger partial charge in [0, 0.05) is 11.6 Å². The van der Waals surface area contributed by atoms with E-state index in [0.717, 1.165) is 11.1 Å². The number of hydrogen-bond acceptors (Lipinski definition) is 4. The molecule has 0 aromatic heterocycles. The van der Waals surface area contributed by atoms with Gasteiger partial charge in [-0.15, -0.1) is 0 Å². The molecule has 5 heteroatoms. The highest BCUT2D eigenvalue weighted by Gasteiger charge is 2.17. The van der Waals surface area contributed by atoms with Crippen molar-refractivity contribution in [1.82, 2.24) is 0 Å². The van der Waals surface area contributed by atoms with Crippen molar-refractivity contribution in [3.63, 3.8) is 0 Å². The van der Waals surface area contributed by atoms with Gasteiger partial charge in [-0.25, -0.2) is 0 Å². The minimum atomic E-state index is -0.545. The molecule has 0 N–H and O–H groups in total. The van der Waals surface area contributed by atoms with Crippen LogP contribution < -0.4 is 4.74 Å². The minimum Gasteiger partial charge on any atom is -0.482 e. The van der Waals surface area contributed by atoms with Crippen molar-refractivity contribution in [1.29, 1.82) is 0 Å². The Labute approximate surface area is 122 Å². The van der Waals surface area contributed by atoms with Crippen LogP contribution in [-0.4, -0.2) is 10.7 Å². The first-order valence-corrected chi connectivity index (χ1v) is 6.45. The molecule has 0 aliphatic heterocycles. The van der Waals surface area contributed by atoms with Gasteiger partial charge in [-0.2, -0.15) is 0 Å². The van der Waals surface area contributed by atoms with Crippen molar-refractivity contribution in [3.8, 4) is 5.75 Å². The molecule has 0 bridgehead atoms. The second kappa shape index (κ2) is 6.17. The van der Waals surface area contributed by atoms with Crippen molar-refractivity contribution in [2.45, 2.75) is 20.5 Å². The van der Waals surface area contributed by atoms with E-state index in [1.807, 2.05) is 31.2 Å². The number of carbonyl (C=O) groups is 1. The summed E-state index contributed by atoms with van der Waals surface area (Å²) < 4.78 is 5.51. The standard InChI is InChI=1S/C16H15NO4/c1-11-3-5-13(6-4-11)10-21-16-8-7-14(12(2)18)9-15(16)17(19)20/h3-9H,10H2,1-2H3. The van der Waals surface area contributed by atoms with E-state index in [4.69, 9.17) is 4.74 Å². The first-order chi connectivity index (χ1) is 9.97. The van der Waals surface area contributed by atoms with E-state index in [2.05, 4.69) is 0 Å². The van der Waals surface area contributed by atoms with Crippen LogP contribution in [0.25, 0.3) is 0 Å². The molecule has 0 saturated carbocycles. The normalized spacial score (nSPS) is 10.2. The summed E-state index contributed by atoms with van der Waals surface area (Å²) >= 11 is 0. The van der Waals surface area contributed by atoms with E-state index in [1.165, 1.54) is 25.1 Å². The summed E-state index contributed by atoms with van der Waals surface area (Å²) in [6.07, 6.45) is 0. The molecule has 0 spiro atoms. The monoisotopic (exact) mass is 285 g/mol. The maximum atomic E-state index is 11.3. The third-order valence-corrected chi connectivity index (χ3v) is 3.08. The lowest BCUT2D eigenvalue weighted by Gasteiger charge is -2.08. The zero-order valence-electron chi connectivity index (χ0n) is 11.8. The average Bonchev–Trinajstić information content (AvgIpc) is 2.46. The van der Waals surface area contributed by atoms with Crippen molar-refractivity contribution in [2.24, 2.45) is 0 Å². The van der Waals surface area contributed by atoms with Crippen molar-refractivity contribution >= 4 is 11.5 Å². The fraction of sp³-hybridized carbons (Fsp3) is 0.188. The van der Waals surface area contributed by atoms with Gasteiger partial charge >= 0.3 is 5.69 Å². The highest BCUT2D eigenvalue weighted by Crippen LogP contribution is 2.29. The highest BCUT2D eigenvalue weighted by atomic mass is 16.6. The second-order valence-electron chi connectivity index (χ2n) is 4.77. The maximum Gasteiger partial charge on any atom is 0.311 e. The van der Waals surface area contributed by atoms with E-state index >= 15 is 0 Å². The van der Waals surface area contributed by atoms with Gasteiger partial charge in [-0.3, -0.25) is 14.9 Å². The number of nitro groups is 1. The Morgan fingerprint density at radius 1 is 1.19 bits per heavy atom. The third-order valence-electron chi connectivity index (χ3n) is 3.08. The summed E-state index contributed by atoms with van der Waals surface area (Å²) in [6, 6.07) is 11.9. The van der Waals surface area contributed by atoms with Crippen LogP contribution in [0.15, 0.2) is 42.5 Å². The van der Waals surface area contributed by atoms with Crippen LogP contribution in [0, 0.1) is 17.0 Å². The Kier molecular flexibility index (Phi) is 4.33. The Balaban J connectivity index is 2.21. The molecule has 0 aliphatic rings. The number of ketones is 1. The summed E-state index contributed by atoms with van der Waals surface area (Å²) in [5, 5.41) is 11.1. The molecule has 21 heavy (non-hydrogen) atoms. The van der Waals surface area contributed by atoms with Gasteiger partial charge < -0.3 is 4.74 Å². The molecule has 2 aromatic carbocycles. The summed E-state index contributed by atoms with van der Waals surface area (Å²) in [5.74, 6) is -0.0613. The lowest BCUT2D eigenvalue weighted by atomic mass is 10.1. The Bertz CT molecular complexity index is 677. The predicted molar refractivity (Wildman–Crippen MR) is 78.6 cm³/mol. The molecule has 108 valence electrons. The van der Waals surface area contributed by atoms with E-state index in [0.29, 0.717) is 5.56 Å². The number of carbonyl (C=O) groups excluding carboxylic acids is 1. The van der Waals surface area contributed by atoms with E-state index in [1.54, 1.807) is 0 Å². The molecule has 2 rings (SSSR count). The highest BCUT2D eigenvalue weighted by molar-refractivity contribution is 5.95. The molecule has 0 unspecified atom stereocenters.